The molecule has 0 spiro atoms. The number of hydrogen-bond acceptors (Lipinski definition) is 6. The topological polar surface area (TPSA) is 74.3 Å². The summed E-state index contributed by atoms with van der Waals surface area (Å²) in [5, 5.41) is 7.41. The molecule has 6 nitrogen and oxygen atoms in total. The highest BCUT2D eigenvalue weighted by molar-refractivity contribution is 7.91. The average Bonchev–Trinajstić information content (AvgIpc) is 2.88. The predicted molar refractivity (Wildman–Crippen MR) is 141 cm³/mol. The number of pyridine rings is 1. The number of nitrogens with one attached hydrogen (secondary N) is 2. The fourth-order valence-electron chi connectivity index (χ4n) is 6.09. The first-order valence-corrected chi connectivity index (χ1v) is 15.3. The first-order chi connectivity index (χ1) is 17.1. The van der Waals surface area contributed by atoms with Crippen molar-refractivity contribution in [3.05, 3.63) is 65.0 Å². The lowest BCUT2D eigenvalue weighted by Crippen LogP contribution is -2.46. The van der Waals surface area contributed by atoms with Crippen LogP contribution in [0, 0.1) is 0 Å². The van der Waals surface area contributed by atoms with Crippen LogP contribution in [0.3, 0.4) is 0 Å². The van der Waals surface area contributed by atoms with E-state index in [1.54, 1.807) is 0 Å². The van der Waals surface area contributed by atoms with Crippen molar-refractivity contribution in [2.45, 2.75) is 76.0 Å². The monoisotopic (exact) mass is 496 g/mol. The van der Waals surface area contributed by atoms with Crippen LogP contribution in [0.4, 0.5) is 0 Å². The van der Waals surface area contributed by atoms with Gasteiger partial charge in [0.25, 0.3) is 0 Å². The highest BCUT2D eigenvalue weighted by atomic mass is 32.2. The van der Waals surface area contributed by atoms with Gasteiger partial charge >= 0.3 is 0 Å². The van der Waals surface area contributed by atoms with Gasteiger partial charge < -0.3 is 10.6 Å². The number of nitrogens with zero attached hydrogens (tertiary/aromatic N) is 2. The van der Waals surface area contributed by atoms with E-state index >= 15 is 0 Å². The molecule has 0 unspecified atom stereocenters. The lowest BCUT2D eigenvalue weighted by Gasteiger charge is -2.38. The van der Waals surface area contributed by atoms with E-state index in [2.05, 4.69) is 51.9 Å². The van der Waals surface area contributed by atoms with Crippen LogP contribution in [0.1, 0.15) is 67.0 Å². The maximum Gasteiger partial charge on any atom is 0.150 e. The second kappa shape index (κ2) is 11.5. The molecule has 2 atom stereocenters. The van der Waals surface area contributed by atoms with E-state index in [0.717, 1.165) is 64.7 Å². The molecular formula is C28H40N4O2S. The third-order valence-electron chi connectivity index (χ3n) is 8.09. The largest absolute Gasteiger partial charge is 0.314 e. The first kappa shape index (κ1) is 24.9. The fourth-order valence-corrected chi connectivity index (χ4v) is 7.58. The van der Waals surface area contributed by atoms with Crippen molar-refractivity contribution in [2.24, 2.45) is 0 Å². The Kier molecular flexibility index (Phi) is 8.18. The van der Waals surface area contributed by atoms with Crippen molar-refractivity contribution >= 4 is 9.84 Å². The Morgan fingerprint density at radius 1 is 1.00 bits per heavy atom. The van der Waals surface area contributed by atoms with Crippen molar-refractivity contribution in [2.75, 3.05) is 31.1 Å². The third-order valence-corrected chi connectivity index (χ3v) is 9.80. The van der Waals surface area contributed by atoms with Crippen LogP contribution in [0.15, 0.2) is 42.6 Å². The molecule has 2 N–H and O–H groups in total. The molecule has 7 heteroatoms. The molecule has 2 aromatic rings. The Morgan fingerprint density at radius 3 is 2.66 bits per heavy atom. The molecule has 1 saturated heterocycles. The highest BCUT2D eigenvalue weighted by Crippen LogP contribution is 2.33. The predicted octanol–water partition coefficient (Wildman–Crippen LogP) is 3.42. The van der Waals surface area contributed by atoms with Crippen LogP contribution >= 0.6 is 0 Å². The number of benzene rings is 1. The van der Waals surface area contributed by atoms with Crippen molar-refractivity contribution in [3.8, 4) is 0 Å². The summed E-state index contributed by atoms with van der Waals surface area (Å²) in [6, 6.07) is 14.4. The smallest absolute Gasteiger partial charge is 0.150 e. The van der Waals surface area contributed by atoms with Gasteiger partial charge in [-0.25, -0.2) is 8.42 Å². The Hall–Kier alpha value is -1.80. The zero-order valence-electron chi connectivity index (χ0n) is 20.8. The molecule has 1 aliphatic carbocycles. The quantitative estimate of drug-likeness (QED) is 0.518. The standard InChI is InChI=1S/C28H40N4O2S/c33-35(34)17-12-25(13-18-35)29-14-3-4-16-32(27-11-5-9-22-10-6-15-30-28(22)27)21-26-19-23-7-1-2-8-24(23)20-31-26/h1-2,6-8,10,15,25-27,29,31H,3-5,9,11-14,16-21H2/t26-,27+/m1/s1. The van der Waals surface area contributed by atoms with Gasteiger partial charge in [0.15, 0.2) is 0 Å². The molecule has 1 fully saturated rings. The van der Waals surface area contributed by atoms with Gasteiger partial charge in [0.1, 0.15) is 9.84 Å². The van der Waals surface area contributed by atoms with Crippen molar-refractivity contribution in [3.63, 3.8) is 0 Å². The van der Waals surface area contributed by atoms with Gasteiger partial charge in [-0.2, -0.15) is 0 Å². The summed E-state index contributed by atoms with van der Waals surface area (Å²) in [6.07, 6.45) is 10.4. The van der Waals surface area contributed by atoms with Crippen molar-refractivity contribution in [1.29, 1.82) is 0 Å². The van der Waals surface area contributed by atoms with Gasteiger partial charge in [-0.1, -0.05) is 30.3 Å². The number of fused-ring (bicyclic) bond motifs is 2. The molecule has 0 amide bonds. The lowest BCUT2D eigenvalue weighted by molar-refractivity contribution is 0.150. The van der Waals surface area contributed by atoms with Crippen LogP contribution in [-0.4, -0.2) is 61.5 Å². The molecule has 0 saturated carbocycles. The molecule has 190 valence electrons. The normalized spacial score (nSPS) is 24.1. The second-order valence-corrected chi connectivity index (χ2v) is 12.9. The van der Waals surface area contributed by atoms with E-state index < -0.39 is 9.84 Å². The van der Waals surface area contributed by atoms with Crippen LogP contribution in [-0.2, 0) is 29.2 Å². The van der Waals surface area contributed by atoms with Gasteiger partial charge in [-0.15, -0.1) is 0 Å². The highest BCUT2D eigenvalue weighted by Gasteiger charge is 2.30. The molecule has 1 aromatic heterocycles. The number of sulfone groups is 1. The summed E-state index contributed by atoms with van der Waals surface area (Å²) in [5.41, 5.74) is 5.62. The Bertz CT molecular complexity index is 1080. The SMILES string of the molecule is O=S1(=O)CCC(NCCCCN(C[C@H]2Cc3ccccc3CN2)[C@H]2CCCc3cccnc32)CC1. The maximum atomic E-state index is 11.7. The van der Waals surface area contributed by atoms with Crippen LogP contribution in [0.25, 0.3) is 0 Å². The summed E-state index contributed by atoms with van der Waals surface area (Å²) in [6.45, 7) is 4.03. The molecule has 3 heterocycles. The molecule has 5 rings (SSSR count). The molecular weight excluding hydrogens is 456 g/mol. The molecule has 2 aliphatic heterocycles. The van der Waals surface area contributed by atoms with E-state index in [1.807, 2.05) is 6.20 Å². The minimum atomic E-state index is -2.79. The molecule has 0 bridgehead atoms. The fraction of sp³-hybridized carbons (Fsp3) is 0.607. The van der Waals surface area contributed by atoms with Gasteiger partial charge in [0.05, 0.1) is 23.2 Å². The minimum absolute atomic E-state index is 0.337. The average molecular weight is 497 g/mol. The number of hydrogen-bond donors (Lipinski definition) is 2. The number of unbranched alkanes of at least 4 members (excludes halogenated alkanes) is 1. The van der Waals surface area contributed by atoms with Gasteiger partial charge in [-0.3, -0.25) is 9.88 Å². The van der Waals surface area contributed by atoms with E-state index in [-0.39, 0.29) is 0 Å². The number of aromatic nitrogens is 1. The summed E-state index contributed by atoms with van der Waals surface area (Å²) < 4.78 is 23.3. The Balaban J connectivity index is 1.19. The summed E-state index contributed by atoms with van der Waals surface area (Å²) >= 11 is 0. The molecule has 3 aliphatic rings. The van der Waals surface area contributed by atoms with Crippen molar-refractivity contribution in [1.82, 2.24) is 20.5 Å². The molecule has 1 aromatic carbocycles. The van der Waals surface area contributed by atoms with E-state index in [9.17, 15) is 8.42 Å². The summed E-state index contributed by atoms with van der Waals surface area (Å²) in [4.78, 5) is 7.54. The van der Waals surface area contributed by atoms with Gasteiger partial charge in [-0.05, 0) is 87.2 Å². The zero-order valence-corrected chi connectivity index (χ0v) is 21.6. The van der Waals surface area contributed by atoms with Gasteiger partial charge in [0, 0.05) is 31.4 Å². The summed E-state index contributed by atoms with van der Waals surface area (Å²) in [7, 11) is -2.79. The van der Waals surface area contributed by atoms with Crippen molar-refractivity contribution < 1.29 is 8.42 Å². The van der Waals surface area contributed by atoms with Crippen LogP contribution in [0.5, 0.6) is 0 Å². The van der Waals surface area contributed by atoms with E-state index in [1.165, 1.54) is 35.2 Å². The number of aryl methyl sites for hydroxylation is 1. The van der Waals surface area contributed by atoms with E-state index in [4.69, 9.17) is 4.98 Å². The third kappa shape index (κ3) is 6.50. The molecule has 0 radical (unpaired) electrons. The lowest BCUT2D eigenvalue weighted by atomic mass is 9.89. The summed E-state index contributed by atoms with van der Waals surface area (Å²) in [5.74, 6) is 0.675. The Morgan fingerprint density at radius 2 is 1.80 bits per heavy atom. The second-order valence-electron chi connectivity index (χ2n) is 10.6. The molecule has 35 heavy (non-hydrogen) atoms. The van der Waals surface area contributed by atoms with Gasteiger partial charge in [0.2, 0.25) is 0 Å². The number of rotatable bonds is 9. The van der Waals surface area contributed by atoms with E-state index in [0.29, 0.717) is 29.6 Å². The first-order valence-electron chi connectivity index (χ1n) is 13.5. The van der Waals surface area contributed by atoms with Crippen LogP contribution < -0.4 is 10.6 Å². The zero-order chi connectivity index (χ0) is 24.1. The maximum absolute atomic E-state index is 11.7. The Labute approximate surface area is 210 Å². The minimum Gasteiger partial charge on any atom is -0.314 e. The van der Waals surface area contributed by atoms with Crippen LogP contribution in [0.2, 0.25) is 0 Å².